The number of anilines is 1. The van der Waals surface area contributed by atoms with E-state index in [4.69, 9.17) is 0 Å². The number of fused-ring (bicyclic) bond motifs is 1. The molecule has 0 fully saturated rings. The monoisotopic (exact) mass is 277 g/mol. The molecule has 0 radical (unpaired) electrons. The van der Waals surface area contributed by atoms with E-state index < -0.39 is 10.0 Å². The molecular weight excluding hydrogens is 262 g/mol. The molecule has 1 aromatic carbocycles. The summed E-state index contributed by atoms with van der Waals surface area (Å²) in [5.41, 5.74) is 1.85. The van der Waals surface area contributed by atoms with Gasteiger partial charge in [0.15, 0.2) is 5.03 Å². The van der Waals surface area contributed by atoms with Crippen LogP contribution in [-0.4, -0.2) is 24.4 Å². The minimum atomic E-state index is -3.57. The Kier molecular flexibility index (Phi) is 2.82. The second-order valence-corrected chi connectivity index (χ2v) is 6.52. The maximum Gasteiger partial charge on any atom is 0.281 e. The third-order valence-corrected chi connectivity index (χ3v) is 5.32. The van der Waals surface area contributed by atoms with Gasteiger partial charge in [-0.05, 0) is 31.4 Å². The highest BCUT2D eigenvalue weighted by Gasteiger charge is 2.34. The van der Waals surface area contributed by atoms with Crippen molar-refractivity contribution in [2.75, 3.05) is 4.31 Å². The van der Waals surface area contributed by atoms with Crippen molar-refractivity contribution in [2.24, 2.45) is 0 Å². The van der Waals surface area contributed by atoms with Crippen molar-refractivity contribution < 1.29 is 8.42 Å². The Morgan fingerprint density at radius 3 is 2.89 bits per heavy atom. The molecule has 1 unspecified atom stereocenters. The number of hydrogen-bond acceptors (Lipinski definition) is 3. The quantitative estimate of drug-likeness (QED) is 0.912. The second kappa shape index (κ2) is 4.38. The van der Waals surface area contributed by atoms with Gasteiger partial charge in [0.1, 0.15) is 0 Å². The number of aryl methyl sites for hydroxylation is 1. The minimum absolute atomic E-state index is 0.0526. The van der Waals surface area contributed by atoms with Gasteiger partial charge in [-0.2, -0.15) is 8.42 Å². The van der Waals surface area contributed by atoms with Crippen molar-refractivity contribution in [1.82, 2.24) is 9.97 Å². The molecule has 1 aliphatic heterocycles. The number of sulfonamides is 1. The zero-order valence-electron chi connectivity index (χ0n) is 10.6. The standard InChI is InChI=1S/C13H15N3O2S/c1-10-6-7-11-4-2-3-5-12(11)16(10)19(17,18)13-8-14-9-15-13/h2-5,8-10H,6-7H2,1H3,(H,14,15). The van der Waals surface area contributed by atoms with Gasteiger partial charge in [0.2, 0.25) is 0 Å². The summed E-state index contributed by atoms with van der Waals surface area (Å²) in [6.45, 7) is 1.93. The van der Waals surface area contributed by atoms with Crippen LogP contribution < -0.4 is 4.31 Å². The summed E-state index contributed by atoms with van der Waals surface area (Å²) in [7, 11) is -3.57. The molecule has 1 N–H and O–H groups in total. The number of imidazole rings is 1. The topological polar surface area (TPSA) is 66.1 Å². The molecule has 0 amide bonds. The van der Waals surface area contributed by atoms with Crippen LogP contribution in [0.15, 0.2) is 41.8 Å². The number of H-pyrrole nitrogens is 1. The van der Waals surface area contributed by atoms with Crippen LogP contribution in [0.1, 0.15) is 18.9 Å². The molecular formula is C13H15N3O2S. The number of aromatic amines is 1. The fourth-order valence-electron chi connectivity index (χ4n) is 2.51. The zero-order chi connectivity index (χ0) is 13.5. The number of hydrogen-bond donors (Lipinski definition) is 1. The van der Waals surface area contributed by atoms with Crippen molar-refractivity contribution in [3.8, 4) is 0 Å². The number of nitrogens with one attached hydrogen (secondary N) is 1. The molecule has 3 rings (SSSR count). The normalized spacial score (nSPS) is 19.2. The molecule has 1 aromatic heterocycles. The molecule has 100 valence electrons. The van der Waals surface area contributed by atoms with Gasteiger partial charge >= 0.3 is 0 Å². The Labute approximate surface area is 112 Å². The van der Waals surface area contributed by atoms with Gasteiger partial charge in [-0.3, -0.25) is 4.31 Å². The summed E-state index contributed by atoms with van der Waals surface area (Å²) in [6, 6.07) is 7.60. The smallest absolute Gasteiger partial charge is 0.281 e. The molecule has 0 saturated carbocycles. The lowest BCUT2D eigenvalue weighted by molar-refractivity contribution is 0.560. The van der Waals surface area contributed by atoms with Crippen molar-refractivity contribution in [3.63, 3.8) is 0 Å². The summed E-state index contributed by atoms with van der Waals surface area (Å²) < 4.78 is 26.9. The van der Waals surface area contributed by atoms with Gasteiger partial charge in [0.25, 0.3) is 10.0 Å². The highest BCUT2D eigenvalue weighted by Crippen LogP contribution is 2.34. The predicted molar refractivity (Wildman–Crippen MR) is 72.5 cm³/mol. The third-order valence-electron chi connectivity index (χ3n) is 3.47. The number of benzene rings is 1. The molecule has 6 heteroatoms. The largest absolute Gasteiger partial charge is 0.334 e. The molecule has 1 aliphatic rings. The van der Waals surface area contributed by atoms with E-state index >= 15 is 0 Å². The Morgan fingerprint density at radius 1 is 1.37 bits per heavy atom. The van der Waals surface area contributed by atoms with Gasteiger partial charge in [-0.15, -0.1) is 0 Å². The summed E-state index contributed by atoms with van der Waals surface area (Å²) in [5, 5.41) is 0.135. The number of aromatic nitrogens is 2. The van der Waals surface area contributed by atoms with E-state index in [1.54, 1.807) is 0 Å². The summed E-state index contributed by atoms with van der Waals surface area (Å²) in [4.78, 5) is 6.49. The van der Waals surface area contributed by atoms with Gasteiger partial charge in [-0.25, -0.2) is 4.98 Å². The van der Waals surface area contributed by atoms with Crippen LogP contribution in [0.5, 0.6) is 0 Å². The molecule has 1 atom stereocenters. The van der Waals surface area contributed by atoms with Crippen molar-refractivity contribution in [3.05, 3.63) is 42.4 Å². The molecule has 19 heavy (non-hydrogen) atoms. The molecule has 0 bridgehead atoms. The van der Waals surface area contributed by atoms with Gasteiger partial charge < -0.3 is 4.98 Å². The van der Waals surface area contributed by atoms with E-state index in [9.17, 15) is 8.42 Å². The van der Waals surface area contributed by atoms with E-state index in [0.29, 0.717) is 0 Å². The van der Waals surface area contributed by atoms with Crippen molar-refractivity contribution in [2.45, 2.75) is 30.8 Å². The average molecular weight is 277 g/mol. The van der Waals surface area contributed by atoms with Crippen LogP contribution in [0.4, 0.5) is 5.69 Å². The molecule has 5 nitrogen and oxygen atoms in total. The fourth-order valence-corrected chi connectivity index (χ4v) is 4.14. The van der Waals surface area contributed by atoms with E-state index in [-0.39, 0.29) is 11.1 Å². The second-order valence-electron chi connectivity index (χ2n) is 4.73. The van der Waals surface area contributed by atoms with Crippen LogP contribution >= 0.6 is 0 Å². The minimum Gasteiger partial charge on any atom is -0.334 e. The zero-order valence-corrected chi connectivity index (χ0v) is 11.4. The van der Waals surface area contributed by atoms with Gasteiger partial charge in [-0.1, -0.05) is 18.2 Å². The first-order chi connectivity index (χ1) is 9.10. The molecule has 0 spiro atoms. The van der Waals surface area contributed by atoms with E-state index in [0.717, 1.165) is 24.1 Å². The summed E-state index contributed by atoms with van der Waals surface area (Å²) in [5.74, 6) is 0. The van der Waals surface area contributed by atoms with Crippen molar-refractivity contribution in [1.29, 1.82) is 0 Å². The Hall–Kier alpha value is -1.82. The van der Waals surface area contributed by atoms with Crippen LogP contribution in [0.2, 0.25) is 0 Å². The third kappa shape index (κ3) is 1.92. The Morgan fingerprint density at radius 2 is 2.16 bits per heavy atom. The van der Waals surface area contributed by atoms with Gasteiger partial charge in [0.05, 0.1) is 18.2 Å². The first-order valence-electron chi connectivity index (χ1n) is 6.21. The maximum absolute atomic E-state index is 12.7. The fraction of sp³-hybridized carbons (Fsp3) is 0.308. The Balaban J connectivity index is 2.15. The SMILES string of the molecule is CC1CCc2ccccc2N1S(=O)(=O)c1cnc[nH]1. The first kappa shape index (κ1) is 12.2. The maximum atomic E-state index is 12.7. The molecule has 0 saturated heterocycles. The average Bonchev–Trinajstić information content (AvgIpc) is 2.92. The molecule has 2 heterocycles. The first-order valence-corrected chi connectivity index (χ1v) is 7.65. The number of para-hydroxylation sites is 1. The number of rotatable bonds is 2. The lowest BCUT2D eigenvalue weighted by Crippen LogP contribution is -2.42. The van der Waals surface area contributed by atoms with E-state index in [1.807, 2.05) is 31.2 Å². The summed E-state index contributed by atoms with van der Waals surface area (Å²) >= 11 is 0. The van der Waals surface area contributed by atoms with Crippen LogP contribution in [0.3, 0.4) is 0 Å². The van der Waals surface area contributed by atoms with Gasteiger partial charge in [0, 0.05) is 6.04 Å². The lowest BCUT2D eigenvalue weighted by atomic mass is 9.99. The van der Waals surface area contributed by atoms with Crippen LogP contribution in [0.25, 0.3) is 0 Å². The molecule has 2 aromatic rings. The lowest BCUT2D eigenvalue weighted by Gasteiger charge is -2.35. The van der Waals surface area contributed by atoms with Crippen LogP contribution in [-0.2, 0) is 16.4 Å². The predicted octanol–water partition coefficient (Wildman–Crippen LogP) is 1.94. The summed E-state index contributed by atoms with van der Waals surface area (Å²) in [6.07, 6.45) is 4.46. The van der Waals surface area contributed by atoms with Crippen LogP contribution in [0, 0.1) is 0 Å². The number of nitrogens with zero attached hydrogens (tertiary/aromatic N) is 2. The highest BCUT2D eigenvalue weighted by molar-refractivity contribution is 7.92. The molecule has 0 aliphatic carbocycles. The van der Waals surface area contributed by atoms with E-state index in [2.05, 4.69) is 9.97 Å². The van der Waals surface area contributed by atoms with Crippen molar-refractivity contribution >= 4 is 15.7 Å². The van der Waals surface area contributed by atoms with E-state index in [1.165, 1.54) is 16.8 Å². The highest BCUT2D eigenvalue weighted by atomic mass is 32.2. The Bertz CT molecular complexity index is 680.